The Hall–Kier alpha value is 0.220. The van der Waals surface area contributed by atoms with Crippen molar-refractivity contribution in [3.05, 3.63) is 12.2 Å². The minimum atomic E-state index is 0.794. The zero-order valence-electron chi connectivity index (χ0n) is 7.98. The number of rotatable bonds is 6. The molecule has 70 valence electrons. The van der Waals surface area contributed by atoms with Gasteiger partial charge in [-0.05, 0) is 44.4 Å². The predicted octanol–water partition coefficient (Wildman–Crippen LogP) is 4.30. The third kappa shape index (κ3) is 3.75. The van der Waals surface area contributed by atoms with Crippen LogP contribution in [-0.4, -0.2) is 4.83 Å². The highest BCUT2D eigenvalue weighted by Crippen LogP contribution is 2.38. The van der Waals surface area contributed by atoms with Crippen molar-refractivity contribution in [3.63, 3.8) is 0 Å². The molecule has 1 heteroatoms. The van der Waals surface area contributed by atoms with E-state index in [0.29, 0.717) is 0 Å². The Morgan fingerprint density at radius 2 is 2.25 bits per heavy atom. The van der Waals surface area contributed by atoms with Gasteiger partial charge in [0.25, 0.3) is 0 Å². The van der Waals surface area contributed by atoms with Crippen LogP contribution in [0.5, 0.6) is 0 Å². The van der Waals surface area contributed by atoms with Crippen molar-refractivity contribution >= 4 is 15.9 Å². The van der Waals surface area contributed by atoms with Gasteiger partial charge in [0.15, 0.2) is 0 Å². The lowest BCUT2D eigenvalue weighted by Crippen LogP contribution is -1.99. The van der Waals surface area contributed by atoms with Crippen molar-refractivity contribution in [1.29, 1.82) is 0 Å². The molecular weight excluding hydrogens is 212 g/mol. The SMILES string of the molecule is C=C(CC)CCCC(Br)C1CC1. The largest absolute Gasteiger partial charge is 0.0999 e. The number of hydrogen-bond donors (Lipinski definition) is 0. The molecule has 1 aliphatic rings. The third-order valence-electron chi connectivity index (χ3n) is 2.64. The summed E-state index contributed by atoms with van der Waals surface area (Å²) < 4.78 is 0. The molecule has 12 heavy (non-hydrogen) atoms. The van der Waals surface area contributed by atoms with Crippen LogP contribution in [0.15, 0.2) is 12.2 Å². The van der Waals surface area contributed by atoms with E-state index in [0.717, 1.165) is 17.2 Å². The summed E-state index contributed by atoms with van der Waals surface area (Å²) in [5, 5.41) is 0. The summed E-state index contributed by atoms with van der Waals surface area (Å²) in [5.41, 5.74) is 1.41. The van der Waals surface area contributed by atoms with Gasteiger partial charge in [-0.2, -0.15) is 0 Å². The first-order valence-electron chi connectivity index (χ1n) is 5.04. The molecule has 0 aliphatic heterocycles. The summed E-state index contributed by atoms with van der Waals surface area (Å²) in [6.07, 6.45) is 7.93. The molecule has 1 saturated carbocycles. The van der Waals surface area contributed by atoms with Crippen LogP contribution in [0.2, 0.25) is 0 Å². The molecule has 1 rings (SSSR count). The fourth-order valence-corrected chi connectivity index (χ4v) is 2.27. The second kappa shape index (κ2) is 5.06. The Morgan fingerprint density at radius 3 is 2.75 bits per heavy atom. The summed E-state index contributed by atoms with van der Waals surface area (Å²) in [5.74, 6) is 1.000. The maximum atomic E-state index is 4.02. The number of allylic oxidation sites excluding steroid dienone is 1. The molecule has 0 amide bonds. The average molecular weight is 231 g/mol. The first kappa shape index (κ1) is 10.3. The van der Waals surface area contributed by atoms with Gasteiger partial charge in [-0.3, -0.25) is 0 Å². The van der Waals surface area contributed by atoms with Gasteiger partial charge in [0.2, 0.25) is 0 Å². The van der Waals surface area contributed by atoms with Crippen LogP contribution in [-0.2, 0) is 0 Å². The smallest absolute Gasteiger partial charge is 0.0174 e. The molecule has 1 aliphatic carbocycles. The van der Waals surface area contributed by atoms with Crippen LogP contribution in [0, 0.1) is 5.92 Å². The van der Waals surface area contributed by atoms with E-state index in [9.17, 15) is 0 Å². The summed E-state index contributed by atoms with van der Waals surface area (Å²) in [7, 11) is 0. The molecule has 0 heterocycles. The molecule has 0 bridgehead atoms. The molecule has 1 fully saturated rings. The van der Waals surface area contributed by atoms with Gasteiger partial charge in [0.1, 0.15) is 0 Å². The number of hydrogen-bond acceptors (Lipinski definition) is 0. The molecular formula is C11H19Br. The molecule has 0 aromatic heterocycles. The molecule has 0 saturated heterocycles. The first-order valence-corrected chi connectivity index (χ1v) is 5.96. The lowest BCUT2D eigenvalue weighted by Gasteiger charge is -2.07. The Morgan fingerprint density at radius 1 is 1.58 bits per heavy atom. The van der Waals surface area contributed by atoms with Crippen molar-refractivity contribution in [2.75, 3.05) is 0 Å². The summed E-state index contributed by atoms with van der Waals surface area (Å²) in [6.45, 7) is 6.20. The lowest BCUT2D eigenvalue weighted by atomic mass is 10.1. The maximum absolute atomic E-state index is 4.02. The van der Waals surface area contributed by atoms with Crippen molar-refractivity contribution in [2.24, 2.45) is 5.92 Å². The Balaban J connectivity index is 1.97. The van der Waals surface area contributed by atoms with Crippen LogP contribution in [0.4, 0.5) is 0 Å². The van der Waals surface area contributed by atoms with E-state index in [1.54, 1.807) is 0 Å². The highest BCUT2D eigenvalue weighted by atomic mass is 79.9. The summed E-state index contributed by atoms with van der Waals surface area (Å²) in [6, 6.07) is 0. The van der Waals surface area contributed by atoms with E-state index in [4.69, 9.17) is 0 Å². The van der Waals surface area contributed by atoms with E-state index in [2.05, 4.69) is 29.4 Å². The molecule has 0 radical (unpaired) electrons. The van der Waals surface area contributed by atoms with Crippen LogP contribution in [0.1, 0.15) is 45.4 Å². The maximum Gasteiger partial charge on any atom is 0.0174 e. The molecule has 0 aromatic rings. The van der Waals surface area contributed by atoms with Crippen molar-refractivity contribution < 1.29 is 0 Å². The summed E-state index contributed by atoms with van der Waals surface area (Å²) in [4.78, 5) is 0.794. The van der Waals surface area contributed by atoms with Gasteiger partial charge in [-0.15, -0.1) is 0 Å². The minimum Gasteiger partial charge on any atom is -0.0999 e. The standard InChI is InChI=1S/C11H19Br/c1-3-9(2)5-4-6-11(12)10-7-8-10/h10-11H,2-8H2,1H3. The Kier molecular flexibility index (Phi) is 4.34. The molecule has 0 nitrogen and oxygen atoms in total. The minimum absolute atomic E-state index is 0.794. The third-order valence-corrected chi connectivity index (χ3v) is 3.85. The van der Waals surface area contributed by atoms with Gasteiger partial charge < -0.3 is 0 Å². The van der Waals surface area contributed by atoms with Crippen molar-refractivity contribution in [1.82, 2.24) is 0 Å². The van der Waals surface area contributed by atoms with Crippen LogP contribution >= 0.6 is 15.9 Å². The second-order valence-corrected chi connectivity index (χ2v) is 5.03. The highest BCUT2D eigenvalue weighted by Gasteiger charge is 2.28. The van der Waals surface area contributed by atoms with Crippen LogP contribution in [0.3, 0.4) is 0 Å². The zero-order chi connectivity index (χ0) is 8.97. The normalized spacial score (nSPS) is 19.2. The van der Waals surface area contributed by atoms with E-state index in [-0.39, 0.29) is 0 Å². The highest BCUT2D eigenvalue weighted by molar-refractivity contribution is 9.09. The molecule has 1 unspecified atom stereocenters. The van der Waals surface area contributed by atoms with Gasteiger partial charge in [0, 0.05) is 4.83 Å². The monoisotopic (exact) mass is 230 g/mol. The van der Waals surface area contributed by atoms with Crippen LogP contribution < -0.4 is 0 Å². The lowest BCUT2D eigenvalue weighted by molar-refractivity contribution is 0.647. The fourth-order valence-electron chi connectivity index (χ4n) is 1.42. The van der Waals surface area contributed by atoms with E-state index in [1.807, 2.05) is 0 Å². The van der Waals surface area contributed by atoms with Gasteiger partial charge in [-0.1, -0.05) is 35.0 Å². The average Bonchev–Trinajstić information content (AvgIpc) is 2.86. The number of alkyl halides is 1. The van der Waals surface area contributed by atoms with E-state index < -0.39 is 0 Å². The predicted molar refractivity (Wildman–Crippen MR) is 58.7 cm³/mol. The molecule has 0 spiro atoms. The van der Waals surface area contributed by atoms with Crippen LogP contribution in [0.25, 0.3) is 0 Å². The second-order valence-electron chi connectivity index (χ2n) is 3.85. The topological polar surface area (TPSA) is 0 Å². The summed E-state index contributed by atoms with van der Waals surface area (Å²) >= 11 is 3.75. The van der Waals surface area contributed by atoms with Gasteiger partial charge in [-0.25, -0.2) is 0 Å². The quantitative estimate of drug-likeness (QED) is 0.472. The first-order chi connectivity index (χ1) is 5.74. The number of halogens is 1. The molecule has 1 atom stereocenters. The van der Waals surface area contributed by atoms with Crippen molar-refractivity contribution in [3.8, 4) is 0 Å². The Bertz CT molecular complexity index is 147. The zero-order valence-corrected chi connectivity index (χ0v) is 9.57. The molecule has 0 N–H and O–H groups in total. The van der Waals surface area contributed by atoms with Gasteiger partial charge >= 0.3 is 0 Å². The van der Waals surface area contributed by atoms with Crippen molar-refractivity contribution in [2.45, 2.75) is 50.3 Å². The van der Waals surface area contributed by atoms with E-state index >= 15 is 0 Å². The van der Waals surface area contributed by atoms with Gasteiger partial charge in [0.05, 0.1) is 0 Å². The Labute approximate surface area is 84.6 Å². The molecule has 0 aromatic carbocycles. The van der Waals surface area contributed by atoms with E-state index in [1.165, 1.54) is 37.7 Å². The fraction of sp³-hybridized carbons (Fsp3) is 0.818.